The minimum Gasteiger partial charge on any atom is -0.496 e. The van der Waals surface area contributed by atoms with Gasteiger partial charge in [0.15, 0.2) is 0 Å². The van der Waals surface area contributed by atoms with Crippen molar-refractivity contribution in [2.45, 2.75) is 25.5 Å². The van der Waals surface area contributed by atoms with Crippen molar-refractivity contribution in [3.8, 4) is 5.75 Å². The lowest BCUT2D eigenvalue weighted by atomic mass is 10.1. The monoisotopic (exact) mass is 451 g/mol. The number of amides is 1. The van der Waals surface area contributed by atoms with Crippen molar-refractivity contribution in [2.75, 3.05) is 20.3 Å². The molecule has 1 aliphatic rings. The summed E-state index contributed by atoms with van der Waals surface area (Å²) in [4.78, 5) is 15.1. The van der Waals surface area contributed by atoms with Crippen LogP contribution in [0.5, 0.6) is 5.75 Å². The predicted molar refractivity (Wildman–Crippen MR) is 106 cm³/mol. The smallest absolute Gasteiger partial charge is 0.255 e. The number of rotatable bonds is 6. The number of hydrogen-bond acceptors (Lipinski definition) is 3. The lowest BCUT2D eigenvalue weighted by Gasteiger charge is -2.26. The van der Waals surface area contributed by atoms with Crippen molar-refractivity contribution in [1.29, 1.82) is 0 Å². The van der Waals surface area contributed by atoms with Crippen LogP contribution in [0, 0.1) is 3.57 Å². The zero-order valence-corrected chi connectivity index (χ0v) is 16.4. The summed E-state index contributed by atoms with van der Waals surface area (Å²) >= 11 is 2.22. The van der Waals surface area contributed by atoms with Gasteiger partial charge in [0.05, 0.1) is 18.8 Å². The highest BCUT2D eigenvalue weighted by Gasteiger charge is 2.25. The molecule has 2 aromatic carbocycles. The molecule has 0 spiro atoms. The third-order valence-electron chi connectivity index (χ3n) is 4.39. The molecule has 1 aliphatic heterocycles. The second-order valence-corrected chi connectivity index (χ2v) is 7.27. The lowest BCUT2D eigenvalue weighted by molar-refractivity contribution is 0.0505. The zero-order chi connectivity index (χ0) is 17.6. The summed E-state index contributed by atoms with van der Waals surface area (Å²) < 4.78 is 12.2. The second-order valence-electron chi connectivity index (χ2n) is 6.11. The van der Waals surface area contributed by atoms with Crippen molar-refractivity contribution in [1.82, 2.24) is 4.90 Å². The first-order valence-electron chi connectivity index (χ1n) is 8.46. The van der Waals surface area contributed by atoms with E-state index in [1.807, 2.05) is 53.4 Å². The maximum Gasteiger partial charge on any atom is 0.255 e. The van der Waals surface area contributed by atoms with Crippen LogP contribution in [0.3, 0.4) is 0 Å². The molecule has 1 heterocycles. The van der Waals surface area contributed by atoms with Gasteiger partial charge >= 0.3 is 0 Å². The van der Waals surface area contributed by atoms with Crippen molar-refractivity contribution >= 4 is 28.5 Å². The van der Waals surface area contributed by atoms with Crippen molar-refractivity contribution in [2.24, 2.45) is 0 Å². The summed E-state index contributed by atoms with van der Waals surface area (Å²) in [6, 6.07) is 15.5. The summed E-state index contributed by atoms with van der Waals surface area (Å²) in [5.74, 6) is 0.835. The molecule has 3 rings (SSSR count). The third kappa shape index (κ3) is 4.52. The molecular formula is C20H22INO3. The molecule has 4 nitrogen and oxygen atoms in total. The van der Waals surface area contributed by atoms with E-state index in [9.17, 15) is 4.79 Å². The molecule has 1 amide bonds. The minimum absolute atomic E-state index is 0.0337. The first-order valence-corrected chi connectivity index (χ1v) is 9.54. The van der Waals surface area contributed by atoms with Gasteiger partial charge in [-0.05, 0) is 53.6 Å². The minimum atomic E-state index is 0.0337. The first kappa shape index (κ1) is 18.2. The number of hydrogen-bond donors (Lipinski definition) is 0. The predicted octanol–water partition coefficient (Wildman–Crippen LogP) is 4.12. The first-order chi connectivity index (χ1) is 12.2. The molecule has 0 bridgehead atoms. The van der Waals surface area contributed by atoms with Gasteiger partial charge in [-0.2, -0.15) is 0 Å². The van der Waals surface area contributed by atoms with Gasteiger partial charge in [-0.3, -0.25) is 4.79 Å². The Kier molecular flexibility index (Phi) is 6.31. The van der Waals surface area contributed by atoms with Gasteiger partial charge in [0.25, 0.3) is 5.91 Å². The summed E-state index contributed by atoms with van der Waals surface area (Å²) in [7, 11) is 1.66. The molecule has 5 heteroatoms. The molecule has 0 N–H and O–H groups in total. The van der Waals surface area contributed by atoms with Crippen LogP contribution in [0.1, 0.15) is 28.8 Å². The van der Waals surface area contributed by atoms with Crippen molar-refractivity contribution < 1.29 is 14.3 Å². The number of halogens is 1. The Morgan fingerprint density at radius 3 is 2.72 bits per heavy atom. The number of carbonyl (C=O) groups is 1. The number of carbonyl (C=O) groups excluding carboxylic acids is 1. The Bertz CT molecular complexity index is 728. The van der Waals surface area contributed by atoms with Gasteiger partial charge in [0, 0.05) is 28.8 Å². The molecule has 2 aromatic rings. The van der Waals surface area contributed by atoms with E-state index < -0.39 is 0 Å². The molecule has 132 valence electrons. The standard InChI is InChI=1S/C20H22INO3/c1-24-19-11-5-2-7-15(19)13-22(14-16-8-6-12-25-16)20(23)17-9-3-4-10-18(17)21/h2-5,7,9-11,16H,6,8,12-14H2,1H3. The van der Waals surface area contributed by atoms with Gasteiger partial charge in [-0.1, -0.05) is 30.3 Å². The summed E-state index contributed by atoms with van der Waals surface area (Å²) in [5.41, 5.74) is 1.73. The number of nitrogens with zero attached hydrogens (tertiary/aromatic N) is 1. The molecule has 0 saturated carbocycles. The van der Waals surface area contributed by atoms with E-state index in [1.165, 1.54) is 0 Å². The van der Waals surface area contributed by atoms with E-state index in [0.29, 0.717) is 13.1 Å². The van der Waals surface area contributed by atoms with Crippen LogP contribution in [0.25, 0.3) is 0 Å². The Morgan fingerprint density at radius 2 is 2.00 bits per heavy atom. The van der Waals surface area contributed by atoms with Gasteiger partial charge in [0.1, 0.15) is 5.75 Å². The maximum absolute atomic E-state index is 13.2. The van der Waals surface area contributed by atoms with Crippen molar-refractivity contribution in [3.63, 3.8) is 0 Å². The normalized spacial score (nSPS) is 16.6. The van der Waals surface area contributed by atoms with Crippen LogP contribution in [0.4, 0.5) is 0 Å². The largest absolute Gasteiger partial charge is 0.496 e. The molecule has 0 radical (unpaired) electrons. The summed E-state index contributed by atoms with van der Waals surface area (Å²) in [6.45, 7) is 1.89. The molecule has 0 aromatic heterocycles. The van der Waals surface area contributed by atoms with E-state index in [1.54, 1.807) is 7.11 Å². The summed E-state index contributed by atoms with van der Waals surface area (Å²) in [6.07, 6.45) is 2.17. The van der Waals surface area contributed by atoms with E-state index >= 15 is 0 Å². The highest BCUT2D eigenvalue weighted by atomic mass is 127. The van der Waals surface area contributed by atoms with Crippen LogP contribution in [0.2, 0.25) is 0 Å². The number of ether oxygens (including phenoxy) is 2. The van der Waals surface area contributed by atoms with E-state index in [-0.39, 0.29) is 12.0 Å². The Morgan fingerprint density at radius 1 is 1.24 bits per heavy atom. The number of para-hydroxylation sites is 1. The molecular weight excluding hydrogens is 429 g/mol. The van der Waals surface area contributed by atoms with Gasteiger partial charge in [-0.25, -0.2) is 0 Å². The van der Waals surface area contributed by atoms with Crippen LogP contribution in [0.15, 0.2) is 48.5 Å². The second kappa shape index (κ2) is 8.67. The molecule has 25 heavy (non-hydrogen) atoms. The zero-order valence-electron chi connectivity index (χ0n) is 14.3. The fourth-order valence-corrected chi connectivity index (χ4v) is 3.72. The van der Waals surface area contributed by atoms with Crippen LogP contribution in [-0.4, -0.2) is 37.2 Å². The highest BCUT2D eigenvalue weighted by molar-refractivity contribution is 14.1. The van der Waals surface area contributed by atoms with Gasteiger partial charge in [-0.15, -0.1) is 0 Å². The Balaban J connectivity index is 1.86. The van der Waals surface area contributed by atoms with Crippen LogP contribution >= 0.6 is 22.6 Å². The fraction of sp³-hybridized carbons (Fsp3) is 0.350. The molecule has 1 saturated heterocycles. The summed E-state index contributed by atoms with van der Waals surface area (Å²) in [5, 5.41) is 0. The van der Waals surface area contributed by atoms with E-state index in [4.69, 9.17) is 9.47 Å². The van der Waals surface area contributed by atoms with Crippen molar-refractivity contribution in [3.05, 3.63) is 63.2 Å². The number of methoxy groups -OCH3 is 1. The van der Waals surface area contributed by atoms with E-state index in [2.05, 4.69) is 22.6 Å². The Labute approximate surface area is 162 Å². The molecule has 0 aliphatic carbocycles. The molecule has 1 unspecified atom stereocenters. The average Bonchev–Trinajstić information content (AvgIpc) is 3.14. The SMILES string of the molecule is COc1ccccc1CN(CC1CCCO1)C(=O)c1ccccc1I. The maximum atomic E-state index is 13.2. The number of benzene rings is 2. The van der Waals surface area contributed by atoms with Crippen LogP contribution in [-0.2, 0) is 11.3 Å². The molecule has 1 fully saturated rings. The van der Waals surface area contributed by atoms with Gasteiger partial charge in [0.2, 0.25) is 0 Å². The topological polar surface area (TPSA) is 38.8 Å². The lowest BCUT2D eigenvalue weighted by Crippen LogP contribution is -2.37. The van der Waals surface area contributed by atoms with Gasteiger partial charge < -0.3 is 14.4 Å². The quantitative estimate of drug-likeness (QED) is 0.621. The molecule has 1 atom stereocenters. The Hall–Kier alpha value is -1.60. The highest BCUT2D eigenvalue weighted by Crippen LogP contribution is 2.23. The third-order valence-corrected chi connectivity index (χ3v) is 5.33. The van der Waals surface area contributed by atoms with E-state index in [0.717, 1.165) is 39.9 Å². The average molecular weight is 451 g/mol. The fourth-order valence-electron chi connectivity index (χ4n) is 3.10. The van der Waals surface area contributed by atoms with Crippen LogP contribution < -0.4 is 4.74 Å².